The van der Waals surface area contributed by atoms with Crippen LogP contribution in [0, 0.1) is 0 Å². The third kappa shape index (κ3) is 5.26. The zero-order valence-corrected chi connectivity index (χ0v) is 13.1. The fourth-order valence-corrected chi connectivity index (χ4v) is 2.52. The largest absolute Gasteiger partial charge is 0.461 e. The van der Waals surface area contributed by atoms with Gasteiger partial charge in [0.2, 0.25) is 5.91 Å². The fourth-order valence-electron chi connectivity index (χ4n) is 1.79. The van der Waals surface area contributed by atoms with Crippen molar-refractivity contribution in [1.29, 1.82) is 0 Å². The second-order valence-corrected chi connectivity index (χ2v) is 5.72. The molecule has 0 aliphatic heterocycles. The second kappa shape index (κ2) is 8.24. The summed E-state index contributed by atoms with van der Waals surface area (Å²) in [4.78, 5) is 23.7. The molecule has 5 heteroatoms. The van der Waals surface area contributed by atoms with Crippen molar-refractivity contribution in [1.82, 2.24) is 0 Å². The van der Waals surface area contributed by atoms with Gasteiger partial charge in [-0.25, -0.2) is 4.79 Å². The molecule has 0 unspecified atom stereocenters. The summed E-state index contributed by atoms with van der Waals surface area (Å²) in [6, 6.07) is 16.5. The van der Waals surface area contributed by atoms with Gasteiger partial charge in [0.05, 0.1) is 5.56 Å². The standard InChI is InChI=1S/C17H17NO3S/c1-13(19)18-15-7-9-16(10-8-15)22-12-11-21-17(20)14-5-3-2-4-6-14/h2-10H,11-12H2,1H3,(H,18,19). The van der Waals surface area contributed by atoms with Crippen molar-refractivity contribution in [3.63, 3.8) is 0 Å². The third-order valence-corrected chi connectivity index (χ3v) is 3.75. The Hall–Kier alpha value is -2.27. The van der Waals surface area contributed by atoms with Crippen LogP contribution in [0.15, 0.2) is 59.5 Å². The zero-order valence-electron chi connectivity index (χ0n) is 12.2. The molecular weight excluding hydrogens is 298 g/mol. The smallest absolute Gasteiger partial charge is 0.338 e. The molecule has 1 amide bonds. The first-order valence-electron chi connectivity index (χ1n) is 6.88. The third-order valence-electron chi connectivity index (χ3n) is 2.77. The average molecular weight is 315 g/mol. The summed E-state index contributed by atoms with van der Waals surface area (Å²) in [6.07, 6.45) is 0. The van der Waals surface area contributed by atoms with E-state index in [4.69, 9.17) is 4.74 Å². The molecule has 0 saturated carbocycles. The number of hydrogen-bond acceptors (Lipinski definition) is 4. The lowest BCUT2D eigenvalue weighted by Gasteiger charge is -2.06. The molecule has 0 atom stereocenters. The van der Waals surface area contributed by atoms with Crippen LogP contribution in [0.3, 0.4) is 0 Å². The number of carbonyl (C=O) groups is 2. The molecule has 0 aliphatic rings. The van der Waals surface area contributed by atoms with E-state index in [-0.39, 0.29) is 11.9 Å². The van der Waals surface area contributed by atoms with Crippen molar-refractivity contribution in [2.45, 2.75) is 11.8 Å². The number of rotatable bonds is 6. The lowest BCUT2D eigenvalue weighted by Crippen LogP contribution is -2.07. The van der Waals surface area contributed by atoms with Crippen LogP contribution >= 0.6 is 11.8 Å². The maximum absolute atomic E-state index is 11.7. The molecule has 0 heterocycles. The number of hydrogen-bond donors (Lipinski definition) is 1. The van der Waals surface area contributed by atoms with Crippen LogP contribution in [0.4, 0.5) is 5.69 Å². The van der Waals surface area contributed by atoms with Crippen LogP contribution in [0.1, 0.15) is 17.3 Å². The minimum atomic E-state index is -0.304. The molecule has 2 aromatic rings. The molecular formula is C17H17NO3S. The highest BCUT2D eigenvalue weighted by molar-refractivity contribution is 7.99. The fraction of sp³-hybridized carbons (Fsp3) is 0.176. The Morgan fingerprint density at radius 3 is 2.36 bits per heavy atom. The molecule has 4 nitrogen and oxygen atoms in total. The second-order valence-electron chi connectivity index (χ2n) is 4.56. The zero-order chi connectivity index (χ0) is 15.8. The van der Waals surface area contributed by atoms with Gasteiger partial charge in [0, 0.05) is 23.3 Å². The van der Waals surface area contributed by atoms with E-state index < -0.39 is 0 Å². The van der Waals surface area contributed by atoms with Gasteiger partial charge in [-0.15, -0.1) is 11.8 Å². The summed E-state index contributed by atoms with van der Waals surface area (Å²) in [5.74, 6) is 0.286. The first-order valence-corrected chi connectivity index (χ1v) is 7.86. The van der Waals surface area contributed by atoms with Gasteiger partial charge < -0.3 is 10.1 Å². The van der Waals surface area contributed by atoms with Crippen molar-refractivity contribution in [2.75, 3.05) is 17.7 Å². The molecule has 22 heavy (non-hydrogen) atoms. The Kier molecular flexibility index (Phi) is 6.03. The lowest BCUT2D eigenvalue weighted by molar-refractivity contribution is -0.114. The molecule has 0 spiro atoms. The van der Waals surface area contributed by atoms with Crippen LogP contribution in [0.25, 0.3) is 0 Å². The predicted molar refractivity (Wildman–Crippen MR) is 88.2 cm³/mol. The SMILES string of the molecule is CC(=O)Nc1ccc(SCCOC(=O)c2ccccc2)cc1. The van der Waals surface area contributed by atoms with E-state index in [1.807, 2.05) is 42.5 Å². The average Bonchev–Trinajstić information content (AvgIpc) is 2.53. The summed E-state index contributed by atoms with van der Waals surface area (Å²) in [5, 5.41) is 2.71. The van der Waals surface area contributed by atoms with Gasteiger partial charge in [0.25, 0.3) is 0 Å². The molecule has 2 rings (SSSR count). The van der Waals surface area contributed by atoms with E-state index in [9.17, 15) is 9.59 Å². The molecule has 0 fully saturated rings. The van der Waals surface area contributed by atoms with Gasteiger partial charge in [-0.3, -0.25) is 4.79 Å². The van der Waals surface area contributed by atoms with Crippen molar-refractivity contribution in [3.05, 3.63) is 60.2 Å². The maximum Gasteiger partial charge on any atom is 0.338 e. The minimum absolute atomic E-state index is 0.0896. The number of thioether (sulfide) groups is 1. The van der Waals surface area contributed by atoms with E-state index in [1.54, 1.807) is 23.9 Å². The number of anilines is 1. The van der Waals surface area contributed by atoms with Crippen LogP contribution in [0.2, 0.25) is 0 Å². The van der Waals surface area contributed by atoms with Crippen molar-refractivity contribution in [3.8, 4) is 0 Å². The number of nitrogens with one attached hydrogen (secondary N) is 1. The molecule has 0 radical (unpaired) electrons. The van der Waals surface area contributed by atoms with Gasteiger partial charge in [-0.1, -0.05) is 18.2 Å². The highest BCUT2D eigenvalue weighted by Gasteiger charge is 2.05. The summed E-state index contributed by atoms with van der Waals surface area (Å²) in [7, 11) is 0. The molecule has 0 bridgehead atoms. The number of ether oxygens (including phenoxy) is 1. The molecule has 1 N–H and O–H groups in total. The minimum Gasteiger partial charge on any atom is -0.461 e. The maximum atomic E-state index is 11.7. The summed E-state index contributed by atoms with van der Waals surface area (Å²) in [6.45, 7) is 1.83. The lowest BCUT2D eigenvalue weighted by atomic mass is 10.2. The number of benzene rings is 2. The number of carbonyl (C=O) groups excluding carboxylic acids is 2. The van der Waals surface area contributed by atoms with E-state index in [1.165, 1.54) is 6.92 Å². The first kappa shape index (κ1) is 16.1. The number of esters is 1. The Labute approximate surface area is 133 Å². The molecule has 0 saturated heterocycles. The summed E-state index contributed by atoms with van der Waals surface area (Å²) in [5.41, 5.74) is 1.33. The van der Waals surface area contributed by atoms with E-state index in [2.05, 4.69) is 5.32 Å². The van der Waals surface area contributed by atoms with Crippen molar-refractivity contribution < 1.29 is 14.3 Å². The van der Waals surface area contributed by atoms with Crippen LogP contribution in [0.5, 0.6) is 0 Å². The Morgan fingerprint density at radius 1 is 1.05 bits per heavy atom. The van der Waals surface area contributed by atoms with Crippen molar-refractivity contribution in [2.24, 2.45) is 0 Å². The highest BCUT2D eigenvalue weighted by atomic mass is 32.2. The molecule has 114 valence electrons. The molecule has 2 aromatic carbocycles. The Morgan fingerprint density at radius 2 is 1.73 bits per heavy atom. The van der Waals surface area contributed by atoms with Gasteiger partial charge in [0.1, 0.15) is 6.61 Å². The Bertz CT molecular complexity index is 626. The summed E-state index contributed by atoms with van der Waals surface area (Å²) < 4.78 is 5.21. The quantitative estimate of drug-likeness (QED) is 0.503. The molecule has 0 aliphatic carbocycles. The summed E-state index contributed by atoms with van der Waals surface area (Å²) >= 11 is 1.60. The van der Waals surface area contributed by atoms with E-state index in [0.717, 1.165) is 10.6 Å². The van der Waals surface area contributed by atoms with Crippen LogP contribution < -0.4 is 5.32 Å². The van der Waals surface area contributed by atoms with Gasteiger partial charge in [-0.05, 0) is 36.4 Å². The normalized spacial score (nSPS) is 10.0. The van der Waals surface area contributed by atoms with Crippen LogP contribution in [-0.4, -0.2) is 24.2 Å². The molecule has 0 aromatic heterocycles. The number of amides is 1. The van der Waals surface area contributed by atoms with Gasteiger partial charge >= 0.3 is 5.97 Å². The topological polar surface area (TPSA) is 55.4 Å². The van der Waals surface area contributed by atoms with Crippen molar-refractivity contribution >= 4 is 29.3 Å². The predicted octanol–water partition coefficient (Wildman–Crippen LogP) is 3.59. The van der Waals surface area contributed by atoms with Crippen LogP contribution in [-0.2, 0) is 9.53 Å². The van der Waals surface area contributed by atoms with Gasteiger partial charge in [-0.2, -0.15) is 0 Å². The van der Waals surface area contributed by atoms with Gasteiger partial charge in [0.15, 0.2) is 0 Å². The first-order chi connectivity index (χ1) is 10.6. The van der Waals surface area contributed by atoms with E-state index >= 15 is 0 Å². The monoisotopic (exact) mass is 315 g/mol. The Balaban J connectivity index is 1.72. The highest BCUT2D eigenvalue weighted by Crippen LogP contribution is 2.20. The van der Waals surface area contributed by atoms with E-state index in [0.29, 0.717) is 17.9 Å².